The minimum atomic E-state index is 0.00803. The van der Waals surface area contributed by atoms with E-state index in [1.165, 1.54) is 6.42 Å². The molecule has 0 radical (unpaired) electrons. The molecular formula is C13H24N6O. The molecule has 3 N–H and O–H groups in total. The van der Waals surface area contributed by atoms with Crippen molar-refractivity contribution in [3.05, 3.63) is 0 Å². The maximum Gasteiger partial charge on any atom is 0.323 e. The Bertz CT molecular complexity index is 462. The van der Waals surface area contributed by atoms with Crippen LogP contribution in [0.4, 0.5) is 11.9 Å². The maximum atomic E-state index is 5.56. The second kappa shape index (κ2) is 5.78. The van der Waals surface area contributed by atoms with Gasteiger partial charge < -0.3 is 9.64 Å². The van der Waals surface area contributed by atoms with Crippen molar-refractivity contribution in [2.45, 2.75) is 46.6 Å². The Labute approximate surface area is 119 Å². The fourth-order valence-corrected chi connectivity index (χ4v) is 2.41. The second-order valence-electron chi connectivity index (χ2n) is 6.24. The quantitative estimate of drug-likeness (QED) is 0.639. The van der Waals surface area contributed by atoms with E-state index in [1.54, 1.807) is 0 Å². The van der Waals surface area contributed by atoms with Crippen LogP contribution in [0.3, 0.4) is 0 Å². The van der Waals surface area contributed by atoms with Gasteiger partial charge in [-0.15, -0.1) is 0 Å². The number of rotatable bonds is 4. The smallest absolute Gasteiger partial charge is 0.323 e. The van der Waals surface area contributed by atoms with Crippen molar-refractivity contribution in [2.24, 2.45) is 11.3 Å². The molecular weight excluding hydrogens is 256 g/mol. The summed E-state index contributed by atoms with van der Waals surface area (Å²) < 4.78 is 5.56. The summed E-state index contributed by atoms with van der Waals surface area (Å²) in [6.45, 7) is 10.2. The molecule has 0 atom stereocenters. The zero-order valence-electron chi connectivity index (χ0n) is 12.7. The van der Waals surface area contributed by atoms with Crippen LogP contribution >= 0.6 is 0 Å². The molecule has 1 aromatic rings. The number of nitrogen functional groups attached to an aromatic ring is 1. The third-order valence-corrected chi connectivity index (χ3v) is 3.26. The van der Waals surface area contributed by atoms with Gasteiger partial charge in [0.05, 0.1) is 6.10 Å². The van der Waals surface area contributed by atoms with E-state index >= 15 is 0 Å². The lowest BCUT2D eigenvalue weighted by atomic mass is 9.84. The first-order valence-corrected chi connectivity index (χ1v) is 7.04. The van der Waals surface area contributed by atoms with Crippen molar-refractivity contribution in [2.75, 3.05) is 23.4 Å². The maximum absolute atomic E-state index is 5.56. The molecule has 0 bridgehead atoms. The fraction of sp³-hybridized carbons (Fsp3) is 0.769. The number of hydrogen-bond acceptors (Lipinski definition) is 7. The van der Waals surface area contributed by atoms with E-state index in [2.05, 4.69) is 39.1 Å². The Morgan fingerprint density at radius 3 is 2.65 bits per heavy atom. The Morgan fingerprint density at radius 2 is 2.05 bits per heavy atom. The van der Waals surface area contributed by atoms with Gasteiger partial charge in [0.1, 0.15) is 0 Å². The summed E-state index contributed by atoms with van der Waals surface area (Å²) in [6.07, 6.45) is 2.35. The van der Waals surface area contributed by atoms with Crippen LogP contribution in [-0.2, 0) is 0 Å². The van der Waals surface area contributed by atoms with Crippen LogP contribution in [0, 0.1) is 5.41 Å². The van der Waals surface area contributed by atoms with E-state index in [1.807, 2.05) is 13.8 Å². The summed E-state index contributed by atoms with van der Waals surface area (Å²) in [6, 6.07) is 0.307. The van der Waals surface area contributed by atoms with Crippen molar-refractivity contribution >= 4 is 11.9 Å². The van der Waals surface area contributed by atoms with Gasteiger partial charge in [-0.05, 0) is 32.1 Å². The van der Waals surface area contributed by atoms with Crippen LogP contribution < -0.4 is 20.9 Å². The van der Waals surface area contributed by atoms with Gasteiger partial charge in [0.25, 0.3) is 0 Å². The van der Waals surface area contributed by atoms with Gasteiger partial charge in [0.15, 0.2) is 0 Å². The predicted molar refractivity (Wildman–Crippen MR) is 78.6 cm³/mol. The zero-order chi connectivity index (χ0) is 14.8. The molecule has 20 heavy (non-hydrogen) atoms. The van der Waals surface area contributed by atoms with Crippen LogP contribution in [0.1, 0.15) is 40.5 Å². The topological polar surface area (TPSA) is 89.2 Å². The van der Waals surface area contributed by atoms with Crippen molar-refractivity contribution in [3.8, 4) is 6.01 Å². The third-order valence-electron chi connectivity index (χ3n) is 3.26. The summed E-state index contributed by atoms with van der Waals surface area (Å²) in [5.74, 6) is 6.37. The number of hydrogen-bond donors (Lipinski definition) is 2. The van der Waals surface area contributed by atoms with Crippen LogP contribution in [0.25, 0.3) is 0 Å². The Morgan fingerprint density at radius 1 is 1.30 bits per heavy atom. The number of aromatic nitrogens is 3. The molecule has 7 nitrogen and oxygen atoms in total. The molecule has 7 heteroatoms. The van der Waals surface area contributed by atoms with Crippen molar-refractivity contribution < 1.29 is 4.74 Å². The van der Waals surface area contributed by atoms with Gasteiger partial charge in [-0.3, -0.25) is 5.43 Å². The highest BCUT2D eigenvalue weighted by atomic mass is 16.5. The first kappa shape index (κ1) is 14.8. The molecule has 0 unspecified atom stereocenters. The van der Waals surface area contributed by atoms with Crippen LogP contribution in [0.15, 0.2) is 0 Å². The molecule has 2 rings (SSSR count). The van der Waals surface area contributed by atoms with Crippen LogP contribution in [0.2, 0.25) is 0 Å². The molecule has 1 aliphatic heterocycles. The third kappa shape index (κ3) is 3.69. The average molecular weight is 280 g/mol. The van der Waals surface area contributed by atoms with Gasteiger partial charge in [-0.2, -0.15) is 15.0 Å². The number of ether oxygens (including phenoxy) is 1. The van der Waals surface area contributed by atoms with E-state index in [-0.39, 0.29) is 11.5 Å². The number of piperidine rings is 1. The van der Waals surface area contributed by atoms with Gasteiger partial charge in [0, 0.05) is 13.1 Å². The van der Waals surface area contributed by atoms with Crippen molar-refractivity contribution in [1.29, 1.82) is 0 Å². The van der Waals surface area contributed by atoms with Gasteiger partial charge in [-0.25, -0.2) is 5.84 Å². The standard InChI is InChI=1S/C13H24N6O/c1-9(2)20-12-16-10(18-14)15-11(17-12)19-7-5-6-13(3,4)8-19/h9H,5-8,14H2,1-4H3,(H,15,16,17,18). The monoisotopic (exact) mass is 280 g/mol. The Balaban J connectivity index is 2.25. The lowest BCUT2D eigenvalue weighted by molar-refractivity contribution is 0.221. The van der Waals surface area contributed by atoms with Gasteiger partial charge in [0.2, 0.25) is 11.9 Å². The first-order valence-electron chi connectivity index (χ1n) is 7.04. The van der Waals surface area contributed by atoms with E-state index in [0.29, 0.717) is 17.9 Å². The highest BCUT2D eigenvalue weighted by Gasteiger charge is 2.28. The molecule has 1 fully saturated rings. The lowest BCUT2D eigenvalue weighted by Crippen LogP contribution is -2.41. The Hall–Kier alpha value is -1.63. The van der Waals surface area contributed by atoms with Crippen molar-refractivity contribution in [3.63, 3.8) is 0 Å². The highest BCUT2D eigenvalue weighted by molar-refractivity contribution is 5.38. The number of anilines is 2. The molecule has 112 valence electrons. The first-order chi connectivity index (χ1) is 9.39. The number of nitrogens with zero attached hydrogens (tertiary/aromatic N) is 4. The highest BCUT2D eigenvalue weighted by Crippen LogP contribution is 2.30. The minimum Gasteiger partial charge on any atom is -0.461 e. The van der Waals surface area contributed by atoms with Gasteiger partial charge in [-0.1, -0.05) is 13.8 Å². The number of hydrazine groups is 1. The molecule has 1 saturated heterocycles. The lowest BCUT2D eigenvalue weighted by Gasteiger charge is -2.38. The zero-order valence-corrected chi connectivity index (χ0v) is 12.7. The number of nitrogens with two attached hydrogens (primary N) is 1. The van der Waals surface area contributed by atoms with E-state index < -0.39 is 0 Å². The van der Waals surface area contributed by atoms with E-state index in [4.69, 9.17) is 10.6 Å². The molecule has 0 aromatic carbocycles. The summed E-state index contributed by atoms with van der Waals surface area (Å²) in [4.78, 5) is 15.0. The number of nitrogens with one attached hydrogen (secondary N) is 1. The summed E-state index contributed by atoms with van der Waals surface area (Å²) in [5.41, 5.74) is 2.74. The molecule has 0 saturated carbocycles. The molecule has 2 heterocycles. The summed E-state index contributed by atoms with van der Waals surface area (Å²) >= 11 is 0. The summed E-state index contributed by atoms with van der Waals surface area (Å²) in [5, 5.41) is 0. The van der Waals surface area contributed by atoms with E-state index in [0.717, 1.165) is 19.5 Å². The molecule has 0 spiro atoms. The summed E-state index contributed by atoms with van der Waals surface area (Å²) in [7, 11) is 0. The Kier molecular flexibility index (Phi) is 4.27. The largest absolute Gasteiger partial charge is 0.461 e. The predicted octanol–water partition coefficient (Wildman–Crippen LogP) is 1.57. The van der Waals surface area contributed by atoms with E-state index in [9.17, 15) is 0 Å². The minimum absolute atomic E-state index is 0.00803. The molecule has 0 aliphatic carbocycles. The SMILES string of the molecule is CC(C)Oc1nc(NN)nc(N2CCCC(C)(C)C2)n1. The molecule has 1 aromatic heterocycles. The molecule has 1 aliphatic rings. The van der Waals surface area contributed by atoms with Crippen LogP contribution in [0.5, 0.6) is 6.01 Å². The second-order valence-corrected chi connectivity index (χ2v) is 6.24. The van der Waals surface area contributed by atoms with Crippen LogP contribution in [-0.4, -0.2) is 34.1 Å². The van der Waals surface area contributed by atoms with Gasteiger partial charge >= 0.3 is 6.01 Å². The average Bonchev–Trinajstić information content (AvgIpc) is 2.36. The molecule has 0 amide bonds. The normalized spacial score (nSPS) is 18.2. The fourth-order valence-electron chi connectivity index (χ4n) is 2.41. The van der Waals surface area contributed by atoms with Crippen molar-refractivity contribution in [1.82, 2.24) is 15.0 Å².